The van der Waals surface area contributed by atoms with Crippen LogP contribution in [-0.2, 0) is 16.5 Å². The van der Waals surface area contributed by atoms with Crippen LogP contribution in [-0.4, -0.2) is 29.5 Å². The fourth-order valence-corrected chi connectivity index (χ4v) is 3.74. The van der Waals surface area contributed by atoms with Crippen molar-refractivity contribution >= 4 is 11.9 Å². The molecular formula is C25H15F10NO4. The second-order valence-corrected chi connectivity index (χ2v) is 8.27. The maximum Gasteiger partial charge on any atom is 0.461 e. The number of alkyl halides is 7. The minimum absolute atomic E-state index is 0.101. The van der Waals surface area contributed by atoms with Crippen LogP contribution in [0, 0.1) is 17.5 Å². The number of carboxylic acid groups (broad SMARTS) is 1. The fourth-order valence-electron chi connectivity index (χ4n) is 3.74. The third-order valence-electron chi connectivity index (χ3n) is 5.49. The van der Waals surface area contributed by atoms with E-state index in [0.29, 0.717) is 24.3 Å². The summed E-state index contributed by atoms with van der Waals surface area (Å²) in [5, 5.41) is 11.7. The molecule has 0 aromatic heterocycles. The van der Waals surface area contributed by atoms with E-state index in [0.717, 1.165) is 24.3 Å². The number of carbonyl (C=O) groups excluding carboxylic acids is 1. The van der Waals surface area contributed by atoms with E-state index < -0.39 is 82.4 Å². The highest BCUT2D eigenvalue weighted by Gasteiger charge is 2.45. The maximum atomic E-state index is 14.5. The zero-order chi connectivity index (χ0) is 30.0. The van der Waals surface area contributed by atoms with Crippen LogP contribution in [0.25, 0.3) is 0 Å². The predicted octanol–water partition coefficient (Wildman–Crippen LogP) is 6.51. The molecule has 1 amide bonds. The number of hydrogen-bond acceptors (Lipinski definition) is 3. The Bertz CT molecular complexity index is 1410. The maximum absolute atomic E-state index is 14.5. The topological polar surface area (TPSA) is 75.6 Å². The molecule has 0 radical (unpaired) electrons. The lowest BCUT2D eigenvalue weighted by Crippen LogP contribution is -2.48. The van der Waals surface area contributed by atoms with Crippen molar-refractivity contribution in [1.82, 2.24) is 5.32 Å². The summed E-state index contributed by atoms with van der Waals surface area (Å²) in [5.74, 6) is -8.54. The Morgan fingerprint density at radius 1 is 0.825 bits per heavy atom. The first-order valence-corrected chi connectivity index (χ1v) is 10.8. The lowest BCUT2D eigenvalue weighted by Gasteiger charge is -2.35. The van der Waals surface area contributed by atoms with Crippen LogP contribution in [0.15, 0.2) is 60.7 Å². The van der Waals surface area contributed by atoms with E-state index >= 15 is 0 Å². The van der Waals surface area contributed by atoms with Crippen molar-refractivity contribution in [2.75, 3.05) is 0 Å². The zero-order valence-electron chi connectivity index (χ0n) is 19.5. The molecule has 0 saturated heterocycles. The van der Waals surface area contributed by atoms with Gasteiger partial charge in [-0.2, -0.15) is 30.7 Å². The third-order valence-corrected chi connectivity index (χ3v) is 5.49. The van der Waals surface area contributed by atoms with E-state index in [4.69, 9.17) is 0 Å². The summed E-state index contributed by atoms with van der Waals surface area (Å²) in [5.41, 5.74) is -6.33. The lowest BCUT2D eigenvalue weighted by molar-refractivity contribution is -0.253. The van der Waals surface area contributed by atoms with E-state index in [9.17, 15) is 58.6 Å². The van der Waals surface area contributed by atoms with Crippen molar-refractivity contribution < 1.29 is 63.3 Å². The number of rotatable bonds is 9. The molecule has 0 aliphatic heterocycles. The van der Waals surface area contributed by atoms with Gasteiger partial charge in [-0.05, 0) is 53.6 Å². The highest BCUT2D eigenvalue weighted by Crippen LogP contribution is 2.38. The van der Waals surface area contributed by atoms with Crippen LogP contribution < -0.4 is 10.1 Å². The van der Waals surface area contributed by atoms with Gasteiger partial charge in [0.05, 0.1) is 12.0 Å². The molecule has 2 N–H and O–H groups in total. The second-order valence-electron chi connectivity index (χ2n) is 8.27. The Hall–Kier alpha value is -4.30. The number of carbonyl (C=O) groups is 2. The molecule has 15 heteroatoms. The molecule has 40 heavy (non-hydrogen) atoms. The first-order valence-electron chi connectivity index (χ1n) is 10.8. The van der Waals surface area contributed by atoms with Crippen molar-refractivity contribution in [3.8, 4) is 5.75 Å². The van der Waals surface area contributed by atoms with Crippen LogP contribution in [0.2, 0.25) is 0 Å². The molecule has 3 aromatic rings. The standard InChI is InChI=1S/C25H15F10NO4/c26-15-4-2-13(3-5-15)23(11-20(37)38,14-8-16(27)10-17(9-14)40-25(34,35)22(29)30)36-21(39)12-1-6-19(28)18(7-12)24(31,32)33/h1-10,22H,11H2,(H,36,39)(H,37,38). The van der Waals surface area contributed by atoms with E-state index in [1.807, 2.05) is 0 Å². The Labute approximate surface area is 218 Å². The average Bonchev–Trinajstić information content (AvgIpc) is 2.82. The Balaban J connectivity index is 2.25. The summed E-state index contributed by atoms with van der Waals surface area (Å²) in [6.07, 6.45) is -16.0. The molecule has 0 bridgehead atoms. The molecular weight excluding hydrogens is 568 g/mol. The summed E-state index contributed by atoms with van der Waals surface area (Å²) < 4.78 is 138. The number of aliphatic carboxylic acids is 1. The smallest absolute Gasteiger partial charge is 0.461 e. The van der Waals surface area contributed by atoms with Crippen LogP contribution in [0.3, 0.4) is 0 Å². The molecule has 0 fully saturated rings. The Morgan fingerprint density at radius 3 is 2.00 bits per heavy atom. The van der Waals surface area contributed by atoms with E-state index in [1.54, 1.807) is 0 Å². The molecule has 0 aliphatic rings. The van der Waals surface area contributed by atoms with Gasteiger partial charge in [-0.3, -0.25) is 9.59 Å². The van der Waals surface area contributed by atoms with Crippen LogP contribution in [0.1, 0.15) is 33.5 Å². The monoisotopic (exact) mass is 583 g/mol. The summed E-state index contributed by atoms with van der Waals surface area (Å²) in [4.78, 5) is 25.0. The number of ether oxygens (including phenoxy) is 1. The summed E-state index contributed by atoms with van der Waals surface area (Å²) in [6, 6.07) is 5.56. The number of benzene rings is 3. The normalized spacial score (nSPS) is 13.6. The molecule has 5 nitrogen and oxygen atoms in total. The first kappa shape index (κ1) is 30.2. The average molecular weight is 583 g/mol. The molecule has 214 valence electrons. The van der Waals surface area contributed by atoms with Gasteiger partial charge in [0.15, 0.2) is 0 Å². The molecule has 0 spiro atoms. The van der Waals surface area contributed by atoms with Crippen LogP contribution in [0.4, 0.5) is 43.9 Å². The van der Waals surface area contributed by atoms with E-state index in [-0.39, 0.29) is 17.7 Å². The molecule has 0 saturated carbocycles. The minimum Gasteiger partial charge on any atom is -0.481 e. The van der Waals surface area contributed by atoms with Crippen molar-refractivity contribution in [2.45, 2.75) is 30.7 Å². The number of hydrogen-bond donors (Lipinski definition) is 2. The number of amides is 1. The third kappa shape index (κ3) is 6.63. The molecule has 0 heterocycles. The largest absolute Gasteiger partial charge is 0.481 e. The molecule has 3 rings (SSSR count). The van der Waals surface area contributed by atoms with Crippen molar-refractivity contribution in [3.63, 3.8) is 0 Å². The SMILES string of the molecule is O=C(O)CC(NC(=O)c1ccc(F)c(C(F)(F)F)c1)(c1ccc(F)cc1)c1cc(F)cc(OC(F)(F)C(F)F)c1. The van der Waals surface area contributed by atoms with Crippen molar-refractivity contribution in [3.05, 3.63) is 100 Å². The van der Waals surface area contributed by atoms with Gasteiger partial charge in [-0.25, -0.2) is 13.2 Å². The van der Waals surface area contributed by atoms with E-state index in [1.165, 1.54) is 0 Å². The van der Waals surface area contributed by atoms with Gasteiger partial charge in [0, 0.05) is 11.6 Å². The number of nitrogens with one attached hydrogen (secondary N) is 1. The minimum atomic E-state index is -5.25. The first-order chi connectivity index (χ1) is 18.4. The predicted molar refractivity (Wildman–Crippen MR) is 116 cm³/mol. The van der Waals surface area contributed by atoms with Gasteiger partial charge in [-0.1, -0.05) is 12.1 Å². The second kappa shape index (κ2) is 11.1. The summed E-state index contributed by atoms with van der Waals surface area (Å²) >= 11 is 0. The molecule has 1 unspecified atom stereocenters. The van der Waals surface area contributed by atoms with Crippen molar-refractivity contribution in [2.24, 2.45) is 0 Å². The van der Waals surface area contributed by atoms with Crippen LogP contribution in [0.5, 0.6) is 5.75 Å². The van der Waals surface area contributed by atoms with E-state index in [2.05, 4.69) is 10.1 Å². The highest BCUT2D eigenvalue weighted by molar-refractivity contribution is 5.95. The van der Waals surface area contributed by atoms with Gasteiger partial charge in [0.2, 0.25) is 0 Å². The summed E-state index contributed by atoms with van der Waals surface area (Å²) in [7, 11) is 0. The fraction of sp³-hybridized carbons (Fsp3) is 0.200. The Morgan fingerprint density at radius 2 is 1.45 bits per heavy atom. The molecule has 1 atom stereocenters. The highest BCUT2D eigenvalue weighted by atomic mass is 19.4. The van der Waals surface area contributed by atoms with Gasteiger partial charge < -0.3 is 15.2 Å². The number of halogens is 10. The van der Waals surface area contributed by atoms with Gasteiger partial charge >= 0.3 is 24.7 Å². The lowest BCUT2D eigenvalue weighted by atomic mass is 9.79. The molecule has 3 aromatic carbocycles. The van der Waals surface area contributed by atoms with Crippen LogP contribution >= 0.6 is 0 Å². The summed E-state index contributed by atoms with van der Waals surface area (Å²) in [6.45, 7) is 0. The number of carboxylic acids is 1. The Kier molecular flexibility index (Phi) is 8.36. The van der Waals surface area contributed by atoms with Gasteiger partial charge in [-0.15, -0.1) is 0 Å². The zero-order valence-corrected chi connectivity index (χ0v) is 19.5. The van der Waals surface area contributed by atoms with Gasteiger partial charge in [0.1, 0.15) is 28.7 Å². The van der Waals surface area contributed by atoms with Gasteiger partial charge in [0.25, 0.3) is 5.91 Å². The quantitative estimate of drug-likeness (QED) is 0.282. The molecule has 0 aliphatic carbocycles. The van der Waals surface area contributed by atoms with Crippen molar-refractivity contribution in [1.29, 1.82) is 0 Å².